The summed E-state index contributed by atoms with van der Waals surface area (Å²) < 4.78 is 32.3. The third-order valence-electron chi connectivity index (χ3n) is 12.8. The van der Waals surface area contributed by atoms with Crippen LogP contribution in [0.15, 0.2) is 46.6 Å². The Balaban J connectivity index is 1.37. The second-order valence-electron chi connectivity index (χ2n) is 17.7. The van der Waals surface area contributed by atoms with Crippen molar-refractivity contribution in [1.29, 1.82) is 0 Å². The number of cyclic esters (lactones) is 1. The molecule has 0 spiro atoms. The number of thiophene rings is 1. The number of aliphatic hydroxyl groups is 1. The molecular formula is C45H63N7O9S. The van der Waals surface area contributed by atoms with E-state index in [-0.39, 0.29) is 36.5 Å². The van der Waals surface area contributed by atoms with E-state index >= 15 is 0 Å². The van der Waals surface area contributed by atoms with Crippen LogP contribution in [-0.2, 0) is 33.3 Å². The van der Waals surface area contributed by atoms with E-state index in [1.54, 1.807) is 36.4 Å². The van der Waals surface area contributed by atoms with Gasteiger partial charge in [-0.2, -0.15) is 0 Å². The van der Waals surface area contributed by atoms with E-state index in [4.69, 9.17) is 34.4 Å². The lowest BCUT2D eigenvalue weighted by Gasteiger charge is -2.47. The van der Waals surface area contributed by atoms with E-state index in [1.165, 1.54) is 18.3 Å². The number of amides is 1. The number of likely N-dealkylation sites (N-methyl/N-ethyl adjacent to an activating group) is 1. The fourth-order valence-corrected chi connectivity index (χ4v) is 10.5. The molecular weight excluding hydrogens is 815 g/mol. The van der Waals surface area contributed by atoms with Crippen LogP contribution in [0, 0.1) is 35.5 Å². The van der Waals surface area contributed by atoms with Crippen LogP contribution in [0.3, 0.4) is 0 Å². The summed E-state index contributed by atoms with van der Waals surface area (Å²) in [4.78, 5) is 60.1. The maximum atomic E-state index is 14.6. The second-order valence-corrected chi connectivity index (χ2v) is 18.7. The summed E-state index contributed by atoms with van der Waals surface area (Å²) in [6.07, 6.45) is -0.307. The van der Waals surface area contributed by atoms with Crippen molar-refractivity contribution in [2.45, 2.75) is 129 Å². The number of hydrogen-bond donors (Lipinski definition) is 3. The Morgan fingerprint density at radius 1 is 1.11 bits per heavy atom. The molecule has 0 saturated carbocycles. The van der Waals surface area contributed by atoms with Crippen molar-refractivity contribution in [3.05, 3.63) is 41.5 Å². The van der Waals surface area contributed by atoms with Crippen molar-refractivity contribution >= 4 is 51.5 Å². The van der Waals surface area contributed by atoms with Crippen LogP contribution in [0.2, 0.25) is 0 Å². The van der Waals surface area contributed by atoms with Gasteiger partial charge < -0.3 is 44.7 Å². The Kier molecular flexibility index (Phi) is 14.8. The van der Waals surface area contributed by atoms with Crippen LogP contribution in [0.1, 0.15) is 79.5 Å². The van der Waals surface area contributed by atoms with Crippen LogP contribution < -0.4 is 11.1 Å². The molecule has 2 aromatic rings. The highest BCUT2D eigenvalue weighted by atomic mass is 32.1. The highest BCUT2D eigenvalue weighted by Gasteiger charge is 2.60. The van der Waals surface area contributed by atoms with Gasteiger partial charge in [0.05, 0.1) is 35.3 Å². The van der Waals surface area contributed by atoms with Gasteiger partial charge in [-0.3, -0.25) is 24.5 Å². The Labute approximate surface area is 369 Å². The van der Waals surface area contributed by atoms with Gasteiger partial charge in [-0.1, -0.05) is 39.5 Å². The standard InChI is InChI=1S/C45H63N7O9S/c1-11-33-45(8)38-27(4)35(48-20-21-52(38)43(56)61-45)25(2)24-44(7,57-22-12-13-31-14-15-34(62-31)50-42(46)49-30-16-18-47-19-17-30)39(28(5)36(53)29(6)40(55)59-33)60-41-37(54)32(51(9)10)23-26(3)58-41/h14-19,25-29,32-33,37-39,41,54H,11,20-24H2,1-10H3,(H3,46,47,49,50)/t25-,26-,27+,28+,29-,32+,33-,37-,38-,39-,41+,44+,45-/m1/s1. The monoisotopic (exact) mass is 877 g/mol. The zero-order valence-corrected chi connectivity index (χ0v) is 38.3. The first kappa shape index (κ1) is 47.0. The third-order valence-corrected chi connectivity index (χ3v) is 13.7. The van der Waals surface area contributed by atoms with Gasteiger partial charge in [0, 0.05) is 48.2 Å². The molecule has 62 heavy (non-hydrogen) atoms. The van der Waals surface area contributed by atoms with Crippen molar-refractivity contribution < 1.29 is 43.2 Å². The lowest BCUT2D eigenvalue weighted by atomic mass is 9.73. The van der Waals surface area contributed by atoms with Crippen molar-refractivity contribution in [1.82, 2.24) is 14.8 Å². The average molecular weight is 878 g/mol. The zero-order valence-electron chi connectivity index (χ0n) is 37.5. The van der Waals surface area contributed by atoms with Gasteiger partial charge in [0.1, 0.15) is 29.7 Å². The molecule has 338 valence electrons. The average Bonchev–Trinajstić information content (AvgIpc) is 3.71. The van der Waals surface area contributed by atoms with E-state index < -0.39 is 71.5 Å². The molecule has 3 saturated heterocycles. The van der Waals surface area contributed by atoms with Crippen molar-refractivity contribution in [2.75, 3.05) is 39.1 Å². The molecule has 1 amide bonds. The molecule has 4 aliphatic rings. The number of esters is 1. The van der Waals surface area contributed by atoms with Gasteiger partial charge in [-0.15, -0.1) is 11.3 Å². The first-order valence-corrected chi connectivity index (χ1v) is 22.4. The highest BCUT2D eigenvalue weighted by Crippen LogP contribution is 2.44. The predicted molar refractivity (Wildman–Crippen MR) is 236 cm³/mol. The van der Waals surface area contributed by atoms with Gasteiger partial charge in [0.2, 0.25) is 0 Å². The molecule has 17 heteroatoms. The van der Waals surface area contributed by atoms with Crippen molar-refractivity contribution in [2.24, 2.45) is 39.4 Å². The number of guanidine groups is 1. The number of Topliss-reactive ketones (excluding diaryl/α,β-unsaturated/α-hetero) is 1. The van der Waals surface area contributed by atoms with E-state index in [0.717, 1.165) is 16.3 Å². The predicted octanol–water partition coefficient (Wildman–Crippen LogP) is 5.01. The first-order chi connectivity index (χ1) is 29.4. The zero-order chi connectivity index (χ0) is 45.1. The smallest absolute Gasteiger partial charge is 0.410 e. The molecule has 4 aliphatic heterocycles. The molecule has 6 rings (SSSR count). The minimum absolute atomic E-state index is 0.0638. The molecule has 3 fully saturated rings. The summed E-state index contributed by atoms with van der Waals surface area (Å²) in [7, 11) is 3.78. The third kappa shape index (κ3) is 10.0. The van der Waals surface area contributed by atoms with Gasteiger partial charge >= 0.3 is 12.1 Å². The highest BCUT2D eigenvalue weighted by molar-refractivity contribution is 7.16. The van der Waals surface area contributed by atoms with Crippen LogP contribution >= 0.6 is 11.3 Å². The Morgan fingerprint density at radius 2 is 1.84 bits per heavy atom. The van der Waals surface area contributed by atoms with Crippen molar-refractivity contribution in [3.63, 3.8) is 0 Å². The molecule has 6 heterocycles. The molecule has 0 aliphatic carbocycles. The van der Waals surface area contributed by atoms with Crippen LogP contribution in [0.4, 0.5) is 15.5 Å². The number of fused-ring (bicyclic) bond motifs is 1. The SMILES string of the molecule is CC[C@H]1OC(=O)[C@H](C)C(=O)[C@H](C)[C@@H](O[C@@H]2O[C@H](C)C[C@H](N(C)C)[C@H]2O)[C@@](C)(OCC#Cc2ccc(/N=C(\N)Nc3ccncc3)s2)C[C@@H](C)C2=NCCN3C(=O)O[C@@]1(C)[C@H]3[C@H]2C. The number of hydrogen-bond acceptors (Lipinski definition) is 14. The molecule has 0 radical (unpaired) electrons. The topological polar surface area (TPSA) is 200 Å². The normalized spacial score (nSPS) is 35.8. The summed E-state index contributed by atoms with van der Waals surface area (Å²) in [5, 5.41) is 15.4. The molecule has 13 atom stereocenters. The Hall–Kier alpha value is -4.44. The lowest BCUT2D eigenvalue weighted by Crippen LogP contribution is -2.60. The molecule has 2 bridgehead atoms. The number of nitrogens with zero attached hydrogens (tertiary/aromatic N) is 5. The van der Waals surface area contributed by atoms with Gasteiger partial charge in [-0.25, -0.2) is 9.79 Å². The summed E-state index contributed by atoms with van der Waals surface area (Å²) in [5.41, 5.74) is 5.25. The number of aromatic nitrogens is 1. The summed E-state index contributed by atoms with van der Waals surface area (Å²) >= 11 is 1.36. The quantitative estimate of drug-likeness (QED) is 0.105. The van der Waals surface area contributed by atoms with Gasteiger partial charge in [0.25, 0.3) is 0 Å². The summed E-state index contributed by atoms with van der Waals surface area (Å²) in [5.74, 6) is 2.61. The Morgan fingerprint density at radius 3 is 2.53 bits per heavy atom. The van der Waals surface area contributed by atoms with Crippen LogP contribution in [0.25, 0.3) is 0 Å². The van der Waals surface area contributed by atoms with E-state index in [2.05, 4.69) is 34.1 Å². The summed E-state index contributed by atoms with van der Waals surface area (Å²) in [6, 6.07) is 6.45. The number of nitrogens with two attached hydrogens (primary N) is 1. The minimum atomic E-state index is -1.28. The maximum Gasteiger partial charge on any atom is 0.410 e. The molecule has 16 nitrogen and oxygen atoms in total. The van der Waals surface area contributed by atoms with Crippen LogP contribution in [-0.4, -0.2) is 137 Å². The second kappa shape index (κ2) is 19.5. The number of ether oxygens (including phenoxy) is 5. The van der Waals surface area contributed by atoms with Crippen LogP contribution in [0.5, 0.6) is 0 Å². The van der Waals surface area contributed by atoms with Gasteiger partial charge in [0.15, 0.2) is 23.6 Å². The summed E-state index contributed by atoms with van der Waals surface area (Å²) in [6.45, 7) is 15.4. The number of carbonyl (C=O) groups excluding carboxylic acids is 3. The fraction of sp³-hybridized carbons (Fsp3) is 0.644. The molecule has 2 aromatic heterocycles. The number of rotatable bonds is 8. The maximum absolute atomic E-state index is 14.6. The fourth-order valence-electron chi connectivity index (χ4n) is 9.76. The number of pyridine rings is 1. The number of aliphatic imine (C=N–C) groups is 2. The first-order valence-electron chi connectivity index (χ1n) is 21.5. The largest absolute Gasteiger partial charge is 0.458 e. The number of ketones is 1. The Bertz CT molecular complexity index is 2050. The van der Waals surface area contributed by atoms with Crippen molar-refractivity contribution in [3.8, 4) is 11.8 Å². The van der Waals surface area contributed by atoms with E-state index in [1.807, 2.05) is 65.7 Å². The minimum Gasteiger partial charge on any atom is -0.458 e. The molecule has 0 aromatic carbocycles. The molecule has 4 N–H and O–H groups in total. The molecule has 0 unspecified atom stereocenters. The number of anilines is 1. The number of carbonyl (C=O) groups is 3. The van der Waals surface area contributed by atoms with E-state index in [0.29, 0.717) is 37.4 Å². The number of aliphatic hydroxyl groups excluding tert-OH is 1. The lowest BCUT2D eigenvalue weighted by molar-refractivity contribution is -0.296. The van der Waals surface area contributed by atoms with E-state index in [9.17, 15) is 19.5 Å². The number of nitrogens with one attached hydrogen (secondary N) is 1. The van der Waals surface area contributed by atoms with Gasteiger partial charge in [-0.05, 0) is 91.2 Å².